The van der Waals surface area contributed by atoms with E-state index < -0.39 is 30.0 Å². The molecule has 1 aromatic carbocycles. The Hall–Kier alpha value is -2.29. The number of hydrogen-bond donors (Lipinski definition) is 2. The Morgan fingerprint density at radius 3 is 2.45 bits per heavy atom. The fraction of sp³-hybridized carbons (Fsp3) is 0.385. The van der Waals surface area contributed by atoms with Crippen molar-refractivity contribution in [3.63, 3.8) is 0 Å². The molecule has 1 aliphatic rings. The van der Waals surface area contributed by atoms with Gasteiger partial charge in [-0.25, -0.2) is 5.48 Å². The first-order valence-corrected chi connectivity index (χ1v) is 6.42. The number of halogens is 3. The smallest absolute Gasteiger partial charge is 0.406 e. The predicted molar refractivity (Wildman–Crippen MR) is 67.1 cm³/mol. The van der Waals surface area contributed by atoms with Crippen LogP contribution in [0.5, 0.6) is 5.75 Å². The van der Waals surface area contributed by atoms with Crippen molar-refractivity contribution in [3.05, 3.63) is 29.8 Å². The molecule has 22 heavy (non-hydrogen) atoms. The average Bonchev–Trinajstić information content (AvgIpc) is 2.94. The van der Waals surface area contributed by atoms with E-state index in [1.807, 2.05) is 0 Å². The van der Waals surface area contributed by atoms with Crippen LogP contribution < -0.4 is 10.2 Å². The van der Waals surface area contributed by atoms with Crippen LogP contribution in [-0.4, -0.2) is 40.9 Å². The van der Waals surface area contributed by atoms with Crippen LogP contribution in [0.1, 0.15) is 23.2 Å². The molecule has 2 rings (SSSR count). The summed E-state index contributed by atoms with van der Waals surface area (Å²) in [6.45, 7) is 0.331. The van der Waals surface area contributed by atoms with Gasteiger partial charge < -0.3 is 9.64 Å². The fourth-order valence-electron chi connectivity index (χ4n) is 2.32. The SMILES string of the molecule is O=C(NO)C1CCCN1C(=O)c1ccc(OC(F)(F)F)cc1. The molecule has 0 aliphatic carbocycles. The molecule has 0 aromatic heterocycles. The maximum atomic E-state index is 12.3. The third-order valence-corrected chi connectivity index (χ3v) is 3.26. The molecule has 1 aliphatic heterocycles. The molecular formula is C13H13F3N2O4. The first kappa shape index (κ1) is 16.1. The van der Waals surface area contributed by atoms with E-state index in [0.29, 0.717) is 19.4 Å². The van der Waals surface area contributed by atoms with Gasteiger partial charge in [0.25, 0.3) is 11.8 Å². The minimum Gasteiger partial charge on any atom is -0.406 e. The second kappa shape index (κ2) is 6.22. The van der Waals surface area contributed by atoms with E-state index in [2.05, 4.69) is 4.74 Å². The molecule has 2 N–H and O–H groups in total. The Morgan fingerprint density at radius 2 is 1.91 bits per heavy atom. The molecule has 1 fully saturated rings. The molecule has 6 nitrogen and oxygen atoms in total. The van der Waals surface area contributed by atoms with E-state index >= 15 is 0 Å². The van der Waals surface area contributed by atoms with E-state index in [9.17, 15) is 22.8 Å². The number of carbonyl (C=O) groups excluding carboxylic acids is 2. The molecule has 1 heterocycles. The molecule has 1 aromatic rings. The van der Waals surface area contributed by atoms with E-state index in [4.69, 9.17) is 5.21 Å². The topological polar surface area (TPSA) is 78.9 Å². The van der Waals surface area contributed by atoms with Gasteiger partial charge in [0.05, 0.1) is 0 Å². The van der Waals surface area contributed by atoms with Gasteiger partial charge in [0, 0.05) is 12.1 Å². The van der Waals surface area contributed by atoms with Crippen LogP contribution in [0.4, 0.5) is 13.2 Å². The van der Waals surface area contributed by atoms with Crippen LogP contribution in [-0.2, 0) is 4.79 Å². The van der Waals surface area contributed by atoms with Gasteiger partial charge in [-0.1, -0.05) is 0 Å². The Bertz CT molecular complexity index is 559. The summed E-state index contributed by atoms with van der Waals surface area (Å²) in [5.41, 5.74) is 1.63. The largest absolute Gasteiger partial charge is 0.573 e. The minimum atomic E-state index is -4.80. The van der Waals surface area contributed by atoms with Crippen molar-refractivity contribution in [2.24, 2.45) is 0 Å². The molecule has 9 heteroatoms. The zero-order chi connectivity index (χ0) is 16.3. The molecule has 120 valence electrons. The van der Waals surface area contributed by atoms with Gasteiger partial charge in [-0.05, 0) is 37.1 Å². The first-order valence-electron chi connectivity index (χ1n) is 6.42. The van der Waals surface area contributed by atoms with Crippen LogP contribution in [0.15, 0.2) is 24.3 Å². The summed E-state index contributed by atoms with van der Waals surface area (Å²) in [5.74, 6) is -1.62. The molecule has 0 bridgehead atoms. The number of likely N-dealkylation sites (tertiary alicyclic amines) is 1. The quantitative estimate of drug-likeness (QED) is 0.657. The number of ether oxygens (including phenoxy) is 1. The maximum Gasteiger partial charge on any atom is 0.573 e. The van der Waals surface area contributed by atoms with Crippen molar-refractivity contribution >= 4 is 11.8 Å². The van der Waals surface area contributed by atoms with Crippen LogP contribution in [0.2, 0.25) is 0 Å². The lowest BCUT2D eigenvalue weighted by molar-refractivity contribution is -0.274. The normalized spacial score (nSPS) is 18.2. The summed E-state index contributed by atoms with van der Waals surface area (Å²) in [7, 11) is 0. The molecule has 0 radical (unpaired) electrons. The zero-order valence-electron chi connectivity index (χ0n) is 11.3. The summed E-state index contributed by atoms with van der Waals surface area (Å²) in [4.78, 5) is 25.0. The van der Waals surface area contributed by atoms with Gasteiger partial charge in [0.1, 0.15) is 11.8 Å². The van der Waals surface area contributed by atoms with Gasteiger partial charge in [-0.2, -0.15) is 0 Å². The third kappa shape index (κ3) is 3.67. The highest BCUT2D eigenvalue weighted by Crippen LogP contribution is 2.24. The molecule has 0 saturated carbocycles. The standard InChI is InChI=1S/C13H13F3N2O4/c14-13(15,16)22-9-5-3-8(4-6-9)12(20)18-7-1-2-10(18)11(19)17-21/h3-6,10,21H,1-2,7H2,(H,17,19). The number of amides is 2. The zero-order valence-corrected chi connectivity index (χ0v) is 11.3. The Morgan fingerprint density at radius 1 is 1.27 bits per heavy atom. The van der Waals surface area contributed by atoms with Gasteiger partial charge in [0.15, 0.2) is 0 Å². The Balaban J connectivity index is 2.11. The van der Waals surface area contributed by atoms with Crippen LogP contribution in [0, 0.1) is 0 Å². The Labute approximate surface area is 123 Å². The molecule has 0 spiro atoms. The van der Waals surface area contributed by atoms with Gasteiger partial charge in [0.2, 0.25) is 0 Å². The van der Waals surface area contributed by atoms with E-state index in [1.54, 1.807) is 0 Å². The van der Waals surface area contributed by atoms with Crippen LogP contribution in [0.25, 0.3) is 0 Å². The van der Waals surface area contributed by atoms with Gasteiger partial charge in [-0.3, -0.25) is 14.8 Å². The van der Waals surface area contributed by atoms with Crippen LogP contribution in [0.3, 0.4) is 0 Å². The molecule has 1 saturated heterocycles. The molecule has 1 atom stereocenters. The lowest BCUT2D eigenvalue weighted by Crippen LogP contribution is -2.45. The van der Waals surface area contributed by atoms with E-state index in [-0.39, 0.29) is 5.56 Å². The predicted octanol–water partition coefficient (Wildman–Crippen LogP) is 1.70. The van der Waals surface area contributed by atoms with Crippen molar-refractivity contribution in [3.8, 4) is 5.75 Å². The average molecular weight is 318 g/mol. The van der Waals surface area contributed by atoms with Crippen molar-refractivity contribution in [2.75, 3.05) is 6.54 Å². The van der Waals surface area contributed by atoms with Crippen LogP contribution >= 0.6 is 0 Å². The Kier molecular flexibility index (Phi) is 4.55. The number of carbonyl (C=O) groups is 2. The second-order valence-corrected chi connectivity index (χ2v) is 4.70. The molecular weight excluding hydrogens is 305 g/mol. The van der Waals surface area contributed by atoms with E-state index in [1.165, 1.54) is 22.5 Å². The number of hydroxylamine groups is 1. The number of alkyl halides is 3. The summed E-state index contributed by atoms with van der Waals surface area (Å²) < 4.78 is 39.9. The van der Waals surface area contributed by atoms with Gasteiger partial charge >= 0.3 is 6.36 Å². The number of hydrogen-bond acceptors (Lipinski definition) is 4. The highest BCUT2D eigenvalue weighted by Gasteiger charge is 2.35. The van der Waals surface area contributed by atoms with E-state index in [0.717, 1.165) is 12.1 Å². The van der Waals surface area contributed by atoms with Crippen molar-refractivity contribution in [1.29, 1.82) is 0 Å². The van der Waals surface area contributed by atoms with Crippen molar-refractivity contribution < 1.29 is 32.7 Å². The number of nitrogens with zero attached hydrogens (tertiary/aromatic N) is 1. The van der Waals surface area contributed by atoms with Crippen molar-refractivity contribution in [1.82, 2.24) is 10.4 Å². The highest BCUT2D eigenvalue weighted by atomic mass is 19.4. The number of benzene rings is 1. The maximum absolute atomic E-state index is 12.3. The number of nitrogens with one attached hydrogen (secondary N) is 1. The first-order chi connectivity index (χ1) is 10.3. The summed E-state index contributed by atoms with van der Waals surface area (Å²) >= 11 is 0. The van der Waals surface area contributed by atoms with Crippen molar-refractivity contribution in [2.45, 2.75) is 25.2 Å². The lowest BCUT2D eigenvalue weighted by atomic mass is 10.1. The lowest BCUT2D eigenvalue weighted by Gasteiger charge is -2.23. The second-order valence-electron chi connectivity index (χ2n) is 4.70. The minimum absolute atomic E-state index is 0.132. The highest BCUT2D eigenvalue weighted by molar-refractivity contribution is 5.97. The monoisotopic (exact) mass is 318 g/mol. The number of rotatable bonds is 3. The molecule has 1 unspecified atom stereocenters. The summed E-state index contributed by atoms with van der Waals surface area (Å²) in [6, 6.07) is 3.64. The summed E-state index contributed by atoms with van der Waals surface area (Å²) in [6.07, 6.45) is -3.79. The third-order valence-electron chi connectivity index (χ3n) is 3.26. The molecule has 2 amide bonds. The summed E-state index contributed by atoms with van der Waals surface area (Å²) in [5, 5.41) is 8.65. The van der Waals surface area contributed by atoms with Gasteiger partial charge in [-0.15, -0.1) is 13.2 Å². The fourth-order valence-corrected chi connectivity index (χ4v) is 2.32.